The van der Waals surface area contributed by atoms with Gasteiger partial charge in [0.05, 0.1) is 24.8 Å². The zero-order chi connectivity index (χ0) is 16.2. The molecule has 0 aliphatic heterocycles. The third-order valence-corrected chi connectivity index (χ3v) is 3.40. The first-order valence-corrected chi connectivity index (χ1v) is 7.37. The van der Waals surface area contributed by atoms with Crippen molar-refractivity contribution >= 4 is 5.91 Å². The van der Waals surface area contributed by atoms with E-state index in [-0.39, 0.29) is 5.91 Å². The maximum Gasteiger partial charge on any atom is 0.263 e. The summed E-state index contributed by atoms with van der Waals surface area (Å²) < 4.78 is 12.9. The monoisotopic (exact) mass is 314 g/mol. The first kappa shape index (κ1) is 15.1. The highest BCUT2D eigenvalue weighted by molar-refractivity contribution is 5.72. The molecule has 0 fully saturated rings. The van der Waals surface area contributed by atoms with Crippen molar-refractivity contribution in [3.63, 3.8) is 0 Å². The number of imidazole rings is 1. The predicted octanol–water partition coefficient (Wildman–Crippen LogP) is 2.17. The van der Waals surface area contributed by atoms with Crippen LogP contribution in [-0.2, 0) is 17.8 Å². The van der Waals surface area contributed by atoms with Crippen LogP contribution in [0.25, 0.3) is 11.7 Å². The number of aryl methyl sites for hydroxylation is 1. The Kier molecular flexibility index (Phi) is 4.27. The number of furan rings is 1. The quantitative estimate of drug-likeness (QED) is 0.753. The summed E-state index contributed by atoms with van der Waals surface area (Å²) in [7, 11) is 0. The zero-order valence-electron chi connectivity index (χ0n) is 13.1. The molecule has 7 heteroatoms. The van der Waals surface area contributed by atoms with Crippen LogP contribution < -0.4 is 5.32 Å². The third kappa shape index (κ3) is 3.68. The van der Waals surface area contributed by atoms with Gasteiger partial charge >= 0.3 is 0 Å². The largest absolute Gasteiger partial charge is 0.459 e. The minimum atomic E-state index is -0.0342. The Labute approximate surface area is 133 Å². The molecule has 0 aromatic carbocycles. The maximum atomic E-state index is 10.9. The minimum absolute atomic E-state index is 0.0342. The molecule has 3 aromatic rings. The summed E-state index contributed by atoms with van der Waals surface area (Å²) in [6.45, 7) is 4.53. The molecular weight excluding hydrogens is 296 g/mol. The number of nitrogens with one attached hydrogen (secondary N) is 1. The Morgan fingerprint density at radius 1 is 1.43 bits per heavy atom. The van der Waals surface area contributed by atoms with Gasteiger partial charge in [0.2, 0.25) is 5.91 Å². The van der Waals surface area contributed by atoms with Crippen LogP contribution in [0.5, 0.6) is 0 Å². The van der Waals surface area contributed by atoms with Crippen LogP contribution in [0.4, 0.5) is 0 Å². The van der Waals surface area contributed by atoms with Gasteiger partial charge in [-0.3, -0.25) is 4.79 Å². The lowest BCUT2D eigenvalue weighted by molar-refractivity contribution is -0.118. The molecule has 7 nitrogen and oxygen atoms in total. The van der Waals surface area contributed by atoms with Crippen LogP contribution in [0.15, 0.2) is 39.8 Å². The van der Waals surface area contributed by atoms with E-state index in [2.05, 4.69) is 15.3 Å². The van der Waals surface area contributed by atoms with Crippen LogP contribution in [0.2, 0.25) is 0 Å². The smallest absolute Gasteiger partial charge is 0.263 e. The Morgan fingerprint density at radius 2 is 2.30 bits per heavy atom. The second kappa shape index (κ2) is 6.51. The highest BCUT2D eigenvalue weighted by Gasteiger charge is 2.14. The summed E-state index contributed by atoms with van der Waals surface area (Å²) in [5.74, 6) is 1.81. The fraction of sp³-hybridized carbons (Fsp3) is 0.312. The number of carbonyl (C=O) groups excluding carboxylic acids is 1. The lowest BCUT2D eigenvalue weighted by Crippen LogP contribution is -2.22. The van der Waals surface area contributed by atoms with E-state index in [1.807, 2.05) is 23.8 Å². The Morgan fingerprint density at radius 3 is 3.04 bits per heavy atom. The molecule has 3 aromatic heterocycles. The van der Waals surface area contributed by atoms with Crippen molar-refractivity contribution < 1.29 is 13.6 Å². The van der Waals surface area contributed by atoms with E-state index in [9.17, 15) is 4.79 Å². The van der Waals surface area contributed by atoms with Crippen molar-refractivity contribution in [1.29, 1.82) is 0 Å². The van der Waals surface area contributed by atoms with E-state index in [0.717, 1.165) is 17.1 Å². The molecule has 0 radical (unpaired) electrons. The Balaban J connectivity index is 1.66. The minimum Gasteiger partial charge on any atom is -0.459 e. The van der Waals surface area contributed by atoms with Gasteiger partial charge in [-0.2, -0.15) is 0 Å². The molecular formula is C16H18N4O3. The van der Waals surface area contributed by atoms with E-state index >= 15 is 0 Å². The SMILES string of the molecule is CC(=O)NCCc1cn(Cc2nc(-c3ccco3)oc2C)cn1. The van der Waals surface area contributed by atoms with E-state index in [1.165, 1.54) is 6.92 Å². The van der Waals surface area contributed by atoms with Crippen LogP contribution in [0.1, 0.15) is 24.1 Å². The van der Waals surface area contributed by atoms with Crippen molar-refractivity contribution in [2.45, 2.75) is 26.8 Å². The summed E-state index contributed by atoms with van der Waals surface area (Å²) in [5.41, 5.74) is 1.76. The van der Waals surface area contributed by atoms with E-state index in [1.54, 1.807) is 18.7 Å². The van der Waals surface area contributed by atoms with E-state index in [0.29, 0.717) is 31.2 Å². The summed E-state index contributed by atoms with van der Waals surface area (Å²) in [6.07, 6.45) is 5.99. The molecule has 0 bridgehead atoms. The number of hydrogen-bond donors (Lipinski definition) is 1. The third-order valence-electron chi connectivity index (χ3n) is 3.40. The fourth-order valence-electron chi connectivity index (χ4n) is 2.24. The van der Waals surface area contributed by atoms with Crippen molar-refractivity contribution in [1.82, 2.24) is 19.9 Å². The van der Waals surface area contributed by atoms with Crippen LogP contribution in [0, 0.1) is 6.92 Å². The highest BCUT2D eigenvalue weighted by Crippen LogP contribution is 2.22. The maximum absolute atomic E-state index is 10.9. The Bertz CT molecular complexity index is 786. The number of aromatic nitrogens is 3. The number of amides is 1. The summed E-state index contributed by atoms with van der Waals surface area (Å²) in [5, 5.41) is 2.76. The number of nitrogens with zero attached hydrogens (tertiary/aromatic N) is 3. The van der Waals surface area contributed by atoms with Crippen LogP contribution in [-0.4, -0.2) is 27.0 Å². The van der Waals surface area contributed by atoms with Gasteiger partial charge in [0, 0.05) is 26.1 Å². The molecule has 0 aliphatic carbocycles. The predicted molar refractivity (Wildman–Crippen MR) is 82.7 cm³/mol. The summed E-state index contributed by atoms with van der Waals surface area (Å²) in [4.78, 5) is 19.7. The zero-order valence-corrected chi connectivity index (χ0v) is 13.1. The number of hydrogen-bond acceptors (Lipinski definition) is 5. The molecule has 0 atom stereocenters. The van der Waals surface area contributed by atoms with Gasteiger partial charge in [-0.05, 0) is 19.1 Å². The van der Waals surface area contributed by atoms with Gasteiger partial charge in [0.25, 0.3) is 5.89 Å². The first-order chi connectivity index (χ1) is 11.1. The van der Waals surface area contributed by atoms with Crippen LogP contribution >= 0.6 is 0 Å². The molecule has 3 heterocycles. The molecule has 0 saturated carbocycles. The van der Waals surface area contributed by atoms with Gasteiger partial charge < -0.3 is 18.7 Å². The molecule has 23 heavy (non-hydrogen) atoms. The average Bonchev–Trinajstić information content (AvgIpc) is 3.21. The number of rotatable bonds is 6. The summed E-state index contributed by atoms with van der Waals surface area (Å²) in [6, 6.07) is 3.61. The topological polar surface area (TPSA) is 86.1 Å². The lowest BCUT2D eigenvalue weighted by atomic mass is 10.3. The number of carbonyl (C=O) groups is 1. The van der Waals surface area contributed by atoms with Gasteiger partial charge in [-0.25, -0.2) is 9.97 Å². The average molecular weight is 314 g/mol. The molecule has 0 saturated heterocycles. The van der Waals surface area contributed by atoms with Gasteiger partial charge in [-0.1, -0.05) is 0 Å². The molecule has 1 N–H and O–H groups in total. The van der Waals surface area contributed by atoms with Crippen molar-refractivity contribution in [2.75, 3.05) is 6.54 Å². The molecule has 1 amide bonds. The van der Waals surface area contributed by atoms with Crippen LogP contribution in [0.3, 0.4) is 0 Å². The van der Waals surface area contributed by atoms with Crippen molar-refractivity contribution in [2.24, 2.45) is 0 Å². The molecule has 3 rings (SSSR count). The lowest BCUT2D eigenvalue weighted by Gasteiger charge is -1.99. The summed E-state index contributed by atoms with van der Waals surface area (Å²) >= 11 is 0. The Hall–Kier alpha value is -2.83. The standard InChI is InChI=1S/C16H18N4O3/c1-11-14(19-16(23-11)15-4-3-7-22-15)9-20-8-13(18-10-20)5-6-17-12(2)21/h3-4,7-8,10H,5-6,9H2,1-2H3,(H,17,21). The number of oxazole rings is 1. The highest BCUT2D eigenvalue weighted by atomic mass is 16.4. The van der Waals surface area contributed by atoms with Gasteiger partial charge in [-0.15, -0.1) is 0 Å². The molecule has 0 aliphatic rings. The molecule has 0 spiro atoms. The second-order valence-corrected chi connectivity index (χ2v) is 5.27. The van der Waals surface area contributed by atoms with Crippen molar-refractivity contribution in [3.05, 3.63) is 48.1 Å². The first-order valence-electron chi connectivity index (χ1n) is 7.37. The molecule has 120 valence electrons. The van der Waals surface area contributed by atoms with E-state index < -0.39 is 0 Å². The normalized spacial score (nSPS) is 10.9. The van der Waals surface area contributed by atoms with Gasteiger partial charge in [0.15, 0.2) is 5.76 Å². The van der Waals surface area contributed by atoms with E-state index in [4.69, 9.17) is 8.83 Å². The second-order valence-electron chi connectivity index (χ2n) is 5.27. The molecule has 0 unspecified atom stereocenters. The van der Waals surface area contributed by atoms with Gasteiger partial charge in [0.1, 0.15) is 11.5 Å². The fourth-order valence-corrected chi connectivity index (χ4v) is 2.24. The van der Waals surface area contributed by atoms with Crippen molar-refractivity contribution in [3.8, 4) is 11.7 Å².